The Labute approximate surface area is 183 Å². The van der Waals surface area contributed by atoms with Crippen LogP contribution in [0.4, 0.5) is 17.1 Å². The number of benzene rings is 2. The molecule has 166 valence electrons. The van der Waals surface area contributed by atoms with Crippen LogP contribution in [-0.4, -0.2) is 38.6 Å². The summed E-state index contributed by atoms with van der Waals surface area (Å²) in [5, 5.41) is 32.1. The molecule has 0 aliphatic rings. The molecule has 3 rings (SSSR count). The molecule has 11 heteroatoms. The Morgan fingerprint density at radius 1 is 1.00 bits per heavy atom. The first-order chi connectivity index (χ1) is 15.3. The van der Waals surface area contributed by atoms with Crippen molar-refractivity contribution in [2.45, 2.75) is 20.4 Å². The molecule has 1 aromatic heterocycles. The monoisotopic (exact) mass is 438 g/mol. The van der Waals surface area contributed by atoms with E-state index < -0.39 is 9.85 Å². The third-order valence-corrected chi connectivity index (χ3v) is 4.90. The van der Waals surface area contributed by atoms with Gasteiger partial charge in [0.1, 0.15) is 17.1 Å². The number of nitro groups is 2. The second-order valence-corrected chi connectivity index (χ2v) is 7.09. The average Bonchev–Trinajstić information content (AvgIpc) is 3.04. The molecule has 2 N–H and O–H groups in total. The second-order valence-electron chi connectivity index (χ2n) is 7.09. The fourth-order valence-corrected chi connectivity index (χ4v) is 3.30. The number of para-hydroxylation sites is 2. The van der Waals surface area contributed by atoms with Gasteiger partial charge in [0.25, 0.3) is 11.6 Å². The molecular weight excluding hydrogens is 416 g/mol. The Morgan fingerprint density at radius 2 is 1.69 bits per heavy atom. The number of nitrogens with zero attached hydrogens (tertiary/aromatic N) is 4. The van der Waals surface area contributed by atoms with Gasteiger partial charge in [0.05, 0.1) is 16.4 Å². The average molecular weight is 438 g/mol. The molecule has 32 heavy (non-hydrogen) atoms. The van der Waals surface area contributed by atoms with Gasteiger partial charge >= 0.3 is 5.69 Å². The molecule has 3 aromatic rings. The van der Waals surface area contributed by atoms with Crippen molar-refractivity contribution in [1.82, 2.24) is 15.1 Å². The second kappa shape index (κ2) is 9.69. The van der Waals surface area contributed by atoms with Gasteiger partial charge in [-0.1, -0.05) is 24.3 Å². The maximum atomic E-state index is 12.3. The molecule has 0 saturated heterocycles. The highest BCUT2D eigenvalue weighted by atomic mass is 16.6. The zero-order chi connectivity index (χ0) is 23.3. The van der Waals surface area contributed by atoms with E-state index in [2.05, 4.69) is 15.7 Å². The van der Waals surface area contributed by atoms with Gasteiger partial charge in [0, 0.05) is 24.7 Å². The van der Waals surface area contributed by atoms with Gasteiger partial charge < -0.3 is 10.6 Å². The molecule has 1 amide bonds. The fraction of sp³-hybridized carbons (Fsp3) is 0.238. The quantitative estimate of drug-likeness (QED) is 0.296. The van der Waals surface area contributed by atoms with Crippen LogP contribution >= 0.6 is 0 Å². The number of carbonyl (C=O) groups is 1. The maximum Gasteiger partial charge on any atom is 0.312 e. The maximum absolute atomic E-state index is 12.3. The van der Waals surface area contributed by atoms with E-state index in [0.29, 0.717) is 35.7 Å². The van der Waals surface area contributed by atoms with Crippen LogP contribution < -0.4 is 10.6 Å². The molecule has 0 spiro atoms. The Balaban J connectivity index is 1.54. The zero-order valence-electron chi connectivity index (χ0n) is 17.6. The lowest BCUT2D eigenvalue weighted by molar-refractivity contribution is -0.386. The van der Waals surface area contributed by atoms with Crippen molar-refractivity contribution in [3.63, 3.8) is 0 Å². The summed E-state index contributed by atoms with van der Waals surface area (Å²) in [7, 11) is 0. The number of aryl methyl sites for hydroxylation is 1. The molecule has 0 unspecified atom stereocenters. The van der Waals surface area contributed by atoms with Crippen molar-refractivity contribution < 1.29 is 14.6 Å². The van der Waals surface area contributed by atoms with Gasteiger partial charge in [-0.2, -0.15) is 5.10 Å². The van der Waals surface area contributed by atoms with Gasteiger partial charge in [-0.3, -0.25) is 29.7 Å². The number of hydrogen-bond donors (Lipinski definition) is 2. The van der Waals surface area contributed by atoms with E-state index in [1.54, 1.807) is 61.0 Å². The van der Waals surface area contributed by atoms with Crippen LogP contribution in [0.5, 0.6) is 0 Å². The Morgan fingerprint density at radius 3 is 2.31 bits per heavy atom. The summed E-state index contributed by atoms with van der Waals surface area (Å²) in [5.74, 6) is -0.275. The van der Waals surface area contributed by atoms with Gasteiger partial charge in [-0.15, -0.1) is 0 Å². The molecule has 0 aliphatic heterocycles. The van der Waals surface area contributed by atoms with Crippen LogP contribution in [0.1, 0.15) is 27.3 Å². The smallest absolute Gasteiger partial charge is 0.312 e. The lowest BCUT2D eigenvalue weighted by atomic mass is 10.1. The van der Waals surface area contributed by atoms with Gasteiger partial charge in [0.2, 0.25) is 0 Å². The summed E-state index contributed by atoms with van der Waals surface area (Å²) >= 11 is 0. The highest BCUT2D eigenvalue weighted by Gasteiger charge is 2.21. The van der Waals surface area contributed by atoms with E-state index in [1.807, 2.05) is 0 Å². The molecule has 0 saturated carbocycles. The number of aromatic nitrogens is 2. The molecule has 0 fully saturated rings. The Bertz CT molecular complexity index is 1160. The van der Waals surface area contributed by atoms with E-state index in [1.165, 1.54) is 6.07 Å². The molecular formula is C21H22N6O5. The van der Waals surface area contributed by atoms with Crippen LogP contribution in [0.2, 0.25) is 0 Å². The minimum Gasteiger partial charge on any atom is -0.378 e. The van der Waals surface area contributed by atoms with Crippen molar-refractivity contribution in [2.75, 3.05) is 18.4 Å². The van der Waals surface area contributed by atoms with Crippen LogP contribution in [-0.2, 0) is 6.54 Å². The van der Waals surface area contributed by atoms with E-state index in [4.69, 9.17) is 0 Å². The molecule has 0 aliphatic carbocycles. The molecule has 2 aromatic carbocycles. The Kier molecular flexibility index (Phi) is 6.78. The number of nitro benzene ring substituents is 1. The number of carbonyl (C=O) groups excluding carboxylic acids is 1. The summed E-state index contributed by atoms with van der Waals surface area (Å²) in [6, 6.07) is 13.2. The first kappa shape index (κ1) is 22.4. The first-order valence-corrected chi connectivity index (χ1v) is 9.80. The summed E-state index contributed by atoms with van der Waals surface area (Å²) in [5.41, 5.74) is 2.51. The number of rotatable bonds is 9. The highest BCUT2D eigenvalue weighted by molar-refractivity contribution is 5.94. The van der Waals surface area contributed by atoms with Crippen molar-refractivity contribution >= 4 is 23.0 Å². The SMILES string of the molecule is Cc1nn(Cc2ccc(C(=O)NCCNc3ccccc3[N+](=O)[O-])cc2)c(C)c1[N+](=O)[O-]. The van der Waals surface area contributed by atoms with E-state index >= 15 is 0 Å². The third kappa shape index (κ3) is 5.06. The van der Waals surface area contributed by atoms with E-state index in [9.17, 15) is 25.0 Å². The zero-order valence-corrected chi connectivity index (χ0v) is 17.6. The van der Waals surface area contributed by atoms with Crippen molar-refractivity contribution in [1.29, 1.82) is 0 Å². The number of amides is 1. The fourth-order valence-electron chi connectivity index (χ4n) is 3.30. The first-order valence-electron chi connectivity index (χ1n) is 9.80. The summed E-state index contributed by atoms with van der Waals surface area (Å²) in [4.78, 5) is 33.6. The summed E-state index contributed by atoms with van der Waals surface area (Å²) in [6.07, 6.45) is 0. The number of hydrogen-bond acceptors (Lipinski definition) is 7. The predicted molar refractivity (Wildman–Crippen MR) is 118 cm³/mol. The van der Waals surface area contributed by atoms with Crippen LogP contribution in [0.3, 0.4) is 0 Å². The van der Waals surface area contributed by atoms with Crippen LogP contribution in [0.25, 0.3) is 0 Å². The van der Waals surface area contributed by atoms with Gasteiger partial charge in [0.15, 0.2) is 0 Å². The van der Waals surface area contributed by atoms with Crippen LogP contribution in [0.15, 0.2) is 48.5 Å². The number of nitrogens with one attached hydrogen (secondary N) is 2. The topological polar surface area (TPSA) is 145 Å². The van der Waals surface area contributed by atoms with Crippen molar-refractivity contribution in [2.24, 2.45) is 0 Å². The van der Waals surface area contributed by atoms with E-state index in [0.717, 1.165) is 5.56 Å². The minimum atomic E-state index is -0.466. The van der Waals surface area contributed by atoms with Gasteiger partial charge in [-0.25, -0.2) is 0 Å². The molecule has 11 nitrogen and oxygen atoms in total. The standard InChI is InChI=1S/C21H22N6O5/c1-14-20(27(31)32)15(2)25(24-14)13-16-7-9-17(10-8-16)21(28)23-12-11-22-18-5-3-4-6-19(18)26(29)30/h3-10,22H,11-13H2,1-2H3,(H,23,28). The van der Waals surface area contributed by atoms with Crippen molar-refractivity contribution in [3.8, 4) is 0 Å². The van der Waals surface area contributed by atoms with Crippen LogP contribution in [0, 0.1) is 34.1 Å². The minimum absolute atomic E-state index is 0.00967. The normalized spacial score (nSPS) is 10.6. The Hall–Kier alpha value is -4.28. The molecule has 0 bridgehead atoms. The summed E-state index contributed by atoms with van der Waals surface area (Å²) in [6.45, 7) is 4.20. The van der Waals surface area contributed by atoms with E-state index in [-0.39, 0.29) is 23.8 Å². The van der Waals surface area contributed by atoms with Gasteiger partial charge in [-0.05, 0) is 37.6 Å². The third-order valence-electron chi connectivity index (χ3n) is 4.90. The lowest BCUT2D eigenvalue weighted by Crippen LogP contribution is -2.28. The highest BCUT2D eigenvalue weighted by Crippen LogP contribution is 2.23. The lowest BCUT2D eigenvalue weighted by Gasteiger charge is -2.09. The molecule has 0 atom stereocenters. The summed E-state index contributed by atoms with van der Waals surface area (Å²) < 4.78 is 1.57. The molecule has 0 radical (unpaired) electrons. The van der Waals surface area contributed by atoms with Crippen molar-refractivity contribution in [3.05, 3.63) is 91.3 Å². The number of anilines is 1. The largest absolute Gasteiger partial charge is 0.378 e. The molecule has 1 heterocycles. The predicted octanol–water partition coefficient (Wildman–Crippen LogP) is 3.21.